The Hall–Kier alpha value is -0.790. The van der Waals surface area contributed by atoms with Crippen LogP contribution in [-0.4, -0.2) is 11.6 Å². The van der Waals surface area contributed by atoms with E-state index in [1.807, 2.05) is 0 Å². The van der Waals surface area contributed by atoms with Crippen LogP contribution in [0, 0.1) is 23.7 Å². The topological polar surface area (TPSA) is 26.3 Å². The summed E-state index contributed by atoms with van der Waals surface area (Å²) in [6, 6.07) is 0. The summed E-state index contributed by atoms with van der Waals surface area (Å²) in [4.78, 5) is 11.7. The molecule has 0 atom stereocenters. The molecule has 0 aromatic rings. The van der Waals surface area contributed by atoms with Crippen molar-refractivity contribution < 1.29 is 9.53 Å². The fraction of sp³-hybridized carbons (Fsp3) is 0.824. The van der Waals surface area contributed by atoms with E-state index in [4.69, 9.17) is 4.74 Å². The van der Waals surface area contributed by atoms with Crippen molar-refractivity contribution in [2.75, 3.05) is 0 Å². The lowest BCUT2D eigenvalue weighted by Crippen LogP contribution is -2.60. The molecule has 0 spiro atoms. The van der Waals surface area contributed by atoms with E-state index < -0.39 is 0 Å². The predicted octanol–water partition coefficient (Wildman–Crippen LogP) is 4.10. The molecule has 4 aliphatic rings. The molecule has 4 bridgehead atoms. The zero-order valence-electron chi connectivity index (χ0n) is 12.7. The van der Waals surface area contributed by atoms with Gasteiger partial charge in [0, 0.05) is 18.8 Å². The second-order valence-electron chi connectivity index (χ2n) is 7.32. The van der Waals surface area contributed by atoms with Gasteiger partial charge in [-0.15, -0.1) is 0 Å². The molecule has 2 nitrogen and oxygen atoms in total. The number of carbonyl (C=O) groups is 1. The maximum Gasteiger partial charge on any atom is 0.303 e. The zero-order chi connectivity index (χ0) is 13.8. The van der Waals surface area contributed by atoms with Crippen molar-refractivity contribution in [1.82, 2.24) is 0 Å². The minimum Gasteiger partial charge on any atom is -0.454 e. The molecule has 0 amide bonds. The third-order valence-electron chi connectivity index (χ3n) is 6.00. The molecule has 4 fully saturated rings. The molecule has 19 heavy (non-hydrogen) atoms. The molecule has 106 valence electrons. The minimum atomic E-state index is -0.266. The Balaban J connectivity index is 2.05. The monoisotopic (exact) mass is 262 g/mol. The number of rotatable bonds is 2. The second-order valence-corrected chi connectivity index (χ2v) is 7.32. The van der Waals surface area contributed by atoms with E-state index in [0.29, 0.717) is 11.8 Å². The predicted molar refractivity (Wildman–Crippen MR) is 75.6 cm³/mol. The summed E-state index contributed by atoms with van der Waals surface area (Å²) in [6.45, 7) is 8.09. The highest BCUT2D eigenvalue weighted by Crippen LogP contribution is 2.62. The first-order valence-corrected chi connectivity index (χ1v) is 7.77. The standard InChI is InChI=1S/C17H26O2/c1-10(2)11(3)17(19-12(4)18)15-6-13-5-14(8-15)9-16(17)7-13/h13-16H,5-9H2,1-4H3. The summed E-state index contributed by atoms with van der Waals surface area (Å²) in [5.41, 5.74) is 2.39. The molecule has 0 N–H and O–H groups in total. The van der Waals surface area contributed by atoms with Crippen LogP contribution in [0.2, 0.25) is 0 Å². The molecule has 0 aromatic heterocycles. The summed E-state index contributed by atoms with van der Waals surface area (Å²) in [7, 11) is 0. The van der Waals surface area contributed by atoms with Gasteiger partial charge in [0.15, 0.2) is 0 Å². The Labute approximate surface area is 116 Å². The highest BCUT2D eigenvalue weighted by molar-refractivity contribution is 5.67. The maximum atomic E-state index is 11.7. The Morgan fingerprint density at radius 1 is 0.895 bits per heavy atom. The fourth-order valence-electron chi connectivity index (χ4n) is 5.37. The quantitative estimate of drug-likeness (QED) is 0.553. The van der Waals surface area contributed by atoms with E-state index in [2.05, 4.69) is 20.8 Å². The maximum absolute atomic E-state index is 11.7. The van der Waals surface area contributed by atoms with Gasteiger partial charge in [0.1, 0.15) is 5.60 Å². The van der Waals surface area contributed by atoms with E-state index in [-0.39, 0.29) is 11.6 Å². The van der Waals surface area contributed by atoms with Crippen LogP contribution in [0.5, 0.6) is 0 Å². The van der Waals surface area contributed by atoms with Crippen LogP contribution in [0.1, 0.15) is 59.8 Å². The van der Waals surface area contributed by atoms with Gasteiger partial charge < -0.3 is 4.74 Å². The Morgan fingerprint density at radius 3 is 1.74 bits per heavy atom. The lowest BCUT2D eigenvalue weighted by atomic mass is 9.48. The van der Waals surface area contributed by atoms with Gasteiger partial charge in [-0.2, -0.15) is 0 Å². The molecule has 0 radical (unpaired) electrons. The van der Waals surface area contributed by atoms with Crippen molar-refractivity contribution in [2.24, 2.45) is 23.7 Å². The third-order valence-corrected chi connectivity index (χ3v) is 6.00. The van der Waals surface area contributed by atoms with Crippen LogP contribution in [0.15, 0.2) is 11.1 Å². The molecule has 0 unspecified atom stereocenters. The lowest BCUT2D eigenvalue weighted by molar-refractivity contribution is -0.194. The van der Waals surface area contributed by atoms with E-state index in [1.54, 1.807) is 6.92 Å². The van der Waals surface area contributed by atoms with Gasteiger partial charge in [-0.05, 0) is 70.3 Å². The molecule has 0 saturated heterocycles. The van der Waals surface area contributed by atoms with Gasteiger partial charge in [-0.25, -0.2) is 0 Å². The zero-order valence-corrected chi connectivity index (χ0v) is 12.7. The van der Waals surface area contributed by atoms with Crippen molar-refractivity contribution >= 4 is 5.97 Å². The highest BCUT2D eigenvalue weighted by Gasteiger charge is 2.60. The summed E-state index contributed by atoms with van der Waals surface area (Å²) < 4.78 is 6.04. The Bertz CT molecular complexity index is 401. The lowest BCUT2D eigenvalue weighted by Gasteiger charge is -2.60. The first-order valence-electron chi connectivity index (χ1n) is 7.77. The summed E-state index contributed by atoms with van der Waals surface area (Å²) >= 11 is 0. The van der Waals surface area contributed by atoms with Crippen molar-refractivity contribution in [3.63, 3.8) is 0 Å². The molecular formula is C17H26O2. The molecular weight excluding hydrogens is 236 g/mol. The van der Waals surface area contributed by atoms with E-state index in [9.17, 15) is 4.79 Å². The smallest absolute Gasteiger partial charge is 0.303 e. The van der Waals surface area contributed by atoms with Crippen LogP contribution < -0.4 is 0 Å². The van der Waals surface area contributed by atoms with Crippen LogP contribution in [0.4, 0.5) is 0 Å². The van der Waals surface area contributed by atoms with E-state index >= 15 is 0 Å². The third kappa shape index (κ3) is 1.86. The van der Waals surface area contributed by atoms with Crippen LogP contribution in [0.3, 0.4) is 0 Å². The van der Waals surface area contributed by atoms with E-state index in [1.165, 1.54) is 43.3 Å². The number of carbonyl (C=O) groups excluding carboxylic acids is 1. The van der Waals surface area contributed by atoms with Gasteiger partial charge >= 0.3 is 5.97 Å². The molecule has 0 aliphatic heterocycles. The normalized spacial score (nSPS) is 43.2. The SMILES string of the molecule is CC(=O)OC1(C(C)=C(C)C)C2CC3CC(C2)CC1C3. The molecule has 2 heteroatoms. The first-order chi connectivity index (χ1) is 8.93. The molecule has 0 aromatic carbocycles. The second kappa shape index (κ2) is 4.36. The van der Waals surface area contributed by atoms with Crippen LogP contribution >= 0.6 is 0 Å². The number of allylic oxidation sites excluding steroid dienone is 1. The van der Waals surface area contributed by atoms with Gasteiger partial charge in [-0.1, -0.05) is 5.57 Å². The molecule has 4 aliphatic carbocycles. The van der Waals surface area contributed by atoms with Crippen LogP contribution in [-0.2, 0) is 9.53 Å². The highest BCUT2D eigenvalue weighted by atomic mass is 16.6. The molecule has 0 heterocycles. The summed E-state index contributed by atoms with van der Waals surface area (Å²) in [6.07, 6.45) is 6.50. The first kappa shape index (κ1) is 13.2. The Kier molecular flexibility index (Phi) is 3.03. The molecule has 4 rings (SSSR count). The molecule has 4 saturated carbocycles. The fourth-order valence-corrected chi connectivity index (χ4v) is 5.37. The van der Waals surface area contributed by atoms with Gasteiger partial charge in [0.05, 0.1) is 0 Å². The van der Waals surface area contributed by atoms with Gasteiger partial charge in [0.25, 0.3) is 0 Å². The largest absolute Gasteiger partial charge is 0.454 e. The van der Waals surface area contributed by atoms with Gasteiger partial charge in [0.2, 0.25) is 0 Å². The summed E-state index contributed by atoms with van der Waals surface area (Å²) in [5.74, 6) is 2.84. The number of hydrogen-bond acceptors (Lipinski definition) is 2. The number of hydrogen-bond donors (Lipinski definition) is 0. The van der Waals surface area contributed by atoms with Crippen molar-refractivity contribution in [1.29, 1.82) is 0 Å². The van der Waals surface area contributed by atoms with Crippen molar-refractivity contribution in [3.05, 3.63) is 11.1 Å². The average Bonchev–Trinajstić information content (AvgIpc) is 2.31. The summed E-state index contributed by atoms with van der Waals surface area (Å²) in [5, 5.41) is 0. The van der Waals surface area contributed by atoms with Crippen LogP contribution in [0.25, 0.3) is 0 Å². The van der Waals surface area contributed by atoms with Crippen molar-refractivity contribution in [3.8, 4) is 0 Å². The Morgan fingerprint density at radius 2 is 1.37 bits per heavy atom. The van der Waals surface area contributed by atoms with E-state index in [0.717, 1.165) is 11.8 Å². The minimum absolute atomic E-state index is 0.104. The van der Waals surface area contributed by atoms with Crippen molar-refractivity contribution in [2.45, 2.75) is 65.4 Å². The average molecular weight is 262 g/mol. The van der Waals surface area contributed by atoms with Gasteiger partial charge in [-0.3, -0.25) is 4.79 Å². The number of ether oxygens (including phenoxy) is 1. The number of esters is 1.